The Morgan fingerprint density at radius 2 is 1.92 bits per heavy atom. The summed E-state index contributed by atoms with van der Waals surface area (Å²) in [7, 11) is 0. The Kier molecular flexibility index (Phi) is 7.26. The molecule has 39 heavy (non-hydrogen) atoms. The van der Waals surface area contributed by atoms with E-state index in [9.17, 15) is 14.9 Å². The van der Waals surface area contributed by atoms with Gasteiger partial charge in [0.05, 0.1) is 29.9 Å². The number of Topliss-reactive ketones (excluding diaryl/α,β-unsaturated/α-hetero) is 1. The first-order chi connectivity index (χ1) is 18.6. The van der Waals surface area contributed by atoms with E-state index in [2.05, 4.69) is 11.2 Å². The summed E-state index contributed by atoms with van der Waals surface area (Å²) < 4.78 is 22.5. The number of benzene rings is 2. The molecule has 2 heterocycles. The Morgan fingerprint density at radius 1 is 1.15 bits per heavy atom. The minimum atomic E-state index is -0.696. The van der Waals surface area contributed by atoms with Crippen LogP contribution in [-0.4, -0.2) is 44.2 Å². The highest BCUT2D eigenvalue weighted by Gasteiger charge is 2.52. The maximum absolute atomic E-state index is 15.2. The first-order valence-electron chi connectivity index (χ1n) is 13.5. The number of para-hydroxylation sites is 1. The van der Waals surface area contributed by atoms with Crippen molar-refractivity contribution in [1.82, 2.24) is 14.7 Å². The molecule has 2 fully saturated rings. The van der Waals surface area contributed by atoms with Gasteiger partial charge in [-0.1, -0.05) is 30.3 Å². The average molecular weight is 529 g/mol. The number of carbonyl (C=O) groups excluding carboxylic acids is 2. The molecule has 5 rings (SSSR count). The molecule has 2 aliphatic rings. The molecule has 7 nitrogen and oxygen atoms in total. The Balaban J connectivity index is 1.26. The van der Waals surface area contributed by atoms with Gasteiger partial charge < -0.3 is 4.74 Å². The Labute approximate surface area is 228 Å². The Morgan fingerprint density at radius 3 is 2.62 bits per heavy atom. The van der Waals surface area contributed by atoms with Crippen LogP contribution in [0.4, 0.5) is 9.18 Å². The molecule has 2 bridgehead atoms. The number of nitriles is 1. The average Bonchev–Trinajstić information content (AvgIpc) is 3.65. The molecule has 3 aromatic rings. The maximum Gasteiger partial charge on any atom is 0.411 e. The lowest BCUT2D eigenvalue weighted by Crippen LogP contribution is -2.51. The van der Waals surface area contributed by atoms with Crippen LogP contribution in [0.15, 0.2) is 60.9 Å². The van der Waals surface area contributed by atoms with Crippen molar-refractivity contribution in [2.75, 3.05) is 0 Å². The summed E-state index contributed by atoms with van der Waals surface area (Å²) in [4.78, 5) is 27.9. The lowest BCUT2D eigenvalue weighted by Gasteiger charge is -2.35. The first-order valence-corrected chi connectivity index (χ1v) is 13.5. The summed E-state index contributed by atoms with van der Waals surface area (Å²) in [6.07, 6.45) is 5.66. The second-order valence-corrected chi connectivity index (χ2v) is 11.6. The summed E-state index contributed by atoms with van der Waals surface area (Å²) in [5.41, 5.74) is 2.08. The van der Waals surface area contributed by atoms with Crippen LogP contribution in [0.1, 0.15) is 52.0 Å². The van der Waals surface area contributed by atoms with Gasteiger partial charge in [0.25, 0.3) is 0 Å². The van der Waals surface area contributed by atoms with E-state index in [0.29, 0.717) is 11.1 Å². The summed E-state index contributed by atoms with van der Waals surface area (Å²) >= 11 is 0. The molecular weight excluding hydrogens is 495 g/mol. The van der Waals surface area contributed by atoms with E-state index in [-0.39, 0.29) is 30.6 Å². The van der Waals surface area contributed by atoms with Gasteiger partial charge in [0.2, 0.25) is 0 Å². The summed E-state index contributed by atoms with van der Waals surface area (Å²) in [6.45, 7) is 5.41. The third-order valence-corrected chi connectivity index (χ3v) is 7.61. The minimum Gasteiger partial charge on any atom is -0.444 e. The number of aromatic nitrogens is 2. The lowest BCUT2D eigenvalue weighted by molar-refractivity contribution is -0.126. The monoisotopic (exact) mass is 528 g/mol. The molecular formula is C31H33FN4O3. The number of fused-ring (bicyclic) bond motifs is 2. The van der Waals surface area contributed by atoms with Crippen molar-refractivity contribution >= 4 is 11.9 Å². The number of nitrogens with zero attached hydrogens (tertiary/aromatic N) is 4. The molecule has 0 spiro atoms. The predicted molar refractivity (Wildman–Crippen MR) is 144 cm³/mol. The molecule has 1 amide bonds. The molecule has 202 valence electrons. The van der Waals surface area contributed by atoms with E-state index in [1.807, 2.05) is 36.5 Å². The highest BCUT2D eigenvalue weighted by atomic mass is 19.1. The molecule has 4 atom stereocenters. The van der Waals surface area contributed by atoms with Crippen molar-refractivity contribution in [2.24, 2.45) is 11.8 Å². The van der Waals surface area contributed by atoms with Crippen molar-refractivity contribution in [1.29, 1.82) is 5.26 Å². The molecule has 0 unspecified atom stereocenters. The van der Waals surface area contributed by atoms with Gasteiger partial charge in [-0.05, 0) is 81.7 Å². The highest BCUT2D eigenvalue weighted by Crippen LogP contribution is 2.44. The fourth-order valence-electron chi connectivity index (χ4n) is 5.86. The number of piperidine rings is 1. The van der Waals surface area contributed by atoms with Crippen LogP contribution in [0.2, 0.25) is 0 Å². The van der Waals surface area contributed by atoms with Crippen molar-refractivity contribution in [2.45, 2.75) is 70.6 Å². The smallest absolute Gasteiger partial charge is 0.411 e. The number of hydrogen-bond acceptors (Lipinski definition) is 5. The maximum atomic E-state index is 15.2. The number of likely N-dealkylation sites (tertiary alicyclic amines) is 1. The molecule has 0 N–H and O–H groups in total. The summed E-state index contributed by atoms with van der Waals surface area (Å²) in [5, 5.41) is 14.2. The number of halogens is 1. The van der Waals surface area contributed by atoms with E-state index in [1.54, 1.807) is 48.7 Å². The van der Waals surface area contributed by atoms with Gasteiger partial charge in [0.15, 0.2) is 5.78 Å². The van der Waals surface area contributed by atoms with Gasteiger partial charge in [-0.15, -0.1) is 0 Å². The van der Waals surface area contributed by atoms with Crippen LogP contribution in [0.25, 0.3) is 16.8 Å². The van der Waals surface area contributed by atoms with E-state index < -0.39 is 29.5 Å². The van der Waals surface area contributed by atoms with Gasteiger partial charge in [-0.3, -0.25) is 9.69 Å². The van der Waals surface area contributed by atoms with Gasteiger partial charge in [0, 0.05) is 24.2 Å². The third kappa shape index (κ3) is 5.73. The molecule has 1 aromatic heterocycles. The zero-order valence-electron chi connectivity index (χ0n) is 22.5. The quantitative estimate of drug-likeness (QED) is 0.369. The minimum absolute atomic E-state index is 0.00410. The molecule has 1 saturated carbocycles. The van der Waals surface area contributed by atoms with E-state index in [0.717, 1.165) is 30.5 Å². The number of amides is 1. The second kappa shape index (κ2) is 10.6. The normalized spacial score (nSPS) is 21.0. The van der Waals surface area contributed by atoms with Crippen LogP contribution in [0.5, 0.6) is 0 Å². The SMILES string of the molecule is CC(C)(C)OC(=O)N1[C@@H]2CC[C@@H](C2)[C@H]1C(=O)C[C@H](C#N)Cc1ccc(-c2cnn(-c3ccccc3)c2)cc1F. The summed E-state index contributed by atoms with van der Waals surface area (Å²) in [6, 6.07) is 16.2. The molecule has 1 aliphatic heterocycles. The van der Waals surface area contributed by atoms with Crippen molar-refractivity contribution in [3.05, 3.63) is 72.3 Å². The fraction of sp³-hybridized carbons (Fsp3) is 0.419. The van der Waals surface area contributed by atoms with Crippen LogP contribution >= 0.6 is 0 Å². The highest BCUT2D eigenvalue weighted by molar-refractivity contribution is 5.89. The van der Waals surface area contributed by atoms with Crippen LogP contribution in [0, 0.1) is 29.0 Å². The number of hydrogen-bond donors (Lipinski definition) is 0. The molecule has 2 aromatic carbocycles. The van der Waals surface area contributed by atoms with Crippen molar-refractivity contribution in [3.8, 4) is 22.9 Å². The lowest BCUT2D eigenvalue weighted by atomic mass is 9.87. The Bertz CT molecular complexity index is 1410. The van der Waals surface area contributed by atoms with Crippen molar-refractivity contribution in [3.63, 3.8) is 0 Å². The molecule has 1 aliphatic carbocycles. The second-order valence-electron chi connectivity index (χ2n) is 11.6. The van der Waals surface area contributed by atoms with Gasteiger partial charge in [-0.25, -0.2) is 13.9 Å². The zero-order chi connectivity index (χ0) is 27.7. The number of ether oxygens (including phenoxy) is 1. The standard InChI is InChI=1S/C31H33FN4O3/c1-31(2,3)39-30(38)36-26-12-11-23(15-26)29(36)28(37)14-20(17-33)13-22-10-9-21(16-27(22)32)24-18-34-35(19-24)25-7-5-4-6-8-25/h4-10,16,18-20,23,26,29H,11-15H2,1-3H3/t20-,23+,26-,29+/m1/s1. The van der Waals surface area contributed by atoms with E-state index in [4.69, 9.17) is 4.74 Å². The number of ketones is 1. The third-order valence-electron chi connectivity index (χ3n) is 7.61. The van der Waals surface area contributed by atoms with Crippen LogP contribution in [0.3, 0.4) is 0 Å². The fourth-order valence-corrected chi connectivity index (χ4v) is 5.86. The zero-order valence-corrected chi connectivity index (χ0v) is 22.5. The van der Waals surface area contributed by atoms with Gasteiger partial charge >= 0.3 is 6.09 Å². The molecule has 8 heteroatoms. The predicted octanol–water partition coefficient (Wildman–Crippen LogP) is 6.11. The molecule has 1 saturated heterocycles. The van der Waals surface area contributed by atoms with Gasteiger partial charge in [-0.2, -0.15) is 10.4 Å². The first kappa shape index (κ1) is 26.6. The van der Waals surface area contributed by atoms with Crippen molar-refractivity contribution < 1.29 is 18.7 Å². The van der Waals surface area contributed by atoms with E-state index >= 15 is 4.39 Å². The Hall–Kier alpha value is -3.99. The summed E-state index contributed by atoms with van der Waals surface area (Å²) in [5.74, 6) is -1.19. The number of carbonyl (C=O) groups is 2. The van der Waals surface area contributed by atoms with E-state index in [1.165, 1.54) is 6.07 Å². The van der Waals surface area contributed by atoms with Crippen LogP contribution < -0.4 is 0 Å². The topological polar surface area (TPSA) is 88.2 Å². The van der Waals surface area contributed by atoms with Crippen LogP contribution in [-0.2, 0) is 16.0 Å². The number of rotatable bonds is 7. The molecule has 0 radical (unpaired) electrons. The largest absolute Gasteiger partial charge is 0.444 e. The van der Waals surface area contributed by atoms with Gasteiger partial charge in [0.1, 0.15) is 11.4 Å².